The fourth-order valence-corrected chi connectivity index (χ4v) is 2.20. The zero-order valence-corrected chi connectivity index (χ0v) is 10.5. The predicted octanol–water partition coefficient (Wildman–Crippen LogP) is 5.02. The highest BCUT2D eigenvalue weighted by Crippen LogP contribution is 2.35. The maximum atomic E-state index is 6.11. The summed E-state index contributed by atoms with van der Waals surface area (Å²) >= 11 is 16.8. The lowest BCUT2D eigenvalue weighted by atomic mass is 10.1. The van der Waals surface area contributed by atoms with Crippen LogP contribution in [0.5, 0.6) is 0 Å². The van der Waals surface area contributed by atoms with Crippen LogP contribution in [-0.2, 0) is 12.4 Å². The Morgan fingerprint density at radius 1 is 0.875 bits per heavy atom. The molecule has 80 valence electrons. The van der Waals surface area contributed by atoms with E-state index in [-0.39, 0.29) is 0 Å². The molecule has 0 aliphatic rings. The molecule has 2 rings (SSSR count). The Labute approximate surface area is 109 Å². The molecule has 0 saturated heterocycles. The van der Waals surface area contributed by atoms with Gasteiger partial charge in [0.2, 0.25) is 0 Å². The van der Waals surface area contributed by atoms with Crippen LogP contribution in [0.25, 0.3) is 11.1 Å². The predicted molar refractivity (Wildman–Crippen MR) is 71.4 cm³/mol. The van der Waals surface area contributed by atoms with E-state index in [4.69, 9.17) is 23.2 Å². The maximum Gasteiger partial charge on any atom is 0.0769 e. The van der Waals surface area contributed by atoms with Crippen molar-refractivity contribution in [2.24, 2.45) is 4.36 Å². The Bertz CT molecular complexity index is 503. The van der Waals surface area contributed by atoms with E-state index in [1.807, 2.05) is 42.5 Å². The second-order valence-corrected chi connectivity index (χ2v) is 4.23. The second kappa shape index (κ2) is 4.91. The molecule has 0 aliphatic heterocycles. The Morgan fingerprint density at radius 3 is 1.94 bits per heavy atom. The molecule has 0 unspecified atom stereocenters. The molecule has 2 aromatic carbocycles. The molecular formula is C12H7Cl2NS. The van der Waals surface area contributed by atoms with Gasteiger partial charge < -0.3 is 0 Å². The lowest BCUT2D eigenvalue weighted by molar-refractivity contribution is 1.55. The molecule has 0 saturated carbocycles. The number of hydrogen-bond donors (Lipinski definition) is 0. The lowest BCUT2D eigenvalue weighted by Crippen LogP contribution is -1.80. The third-order valence-electron chi connectivity index (χ3n) is 2.22. The molecule has 2 aromatic rings. The highest BCUT2D eigenvalue weighted by atomic mass is 35.5. The van der Waals surface area contributed by atoms with Crippen molar-refractivity contribution in [1.82, 2.24) is 0 Å². The van der Waals surface area contributed by atoms with Gasteiger partial charge in [-0.15, -0.1) is 0 Å². The monoisotopic (exact) mass is 267 g/mol. The van der Waals surface area contributed by atoms with Crippen molar-refractivity contribution < 1.29 is 0 Å². The van der Waals surface area contributed by atoms with Gasteiger partial charge in [0.25, 0.3) is 0 Å². The van der Waals surface area contributed by atoms with Crippen molar-refractivity contribution in [3.8, 4) is 11.1 Å². The molecular weight excluding hydrogens is 261 g/mol. The van der Waals surface area contributed by atoms with Crippen molar-refractivity contribution >= 4 is 41.3 Å². The van der Waals surface area contributed by atoms with E-state index in [9.17, 15) is 0 Å². The summed E-state index contributed by atoms with van der Waals surface area (Å²) in [6.45, 7) is 0. The van der Waals surface area contributed by atoms with Crippen LogP contribution in [0.15, 0.2) is 46.8 Å². The molecule has 0 heterocycles. The van der Waals surface area contributed by atoms with Gasteiger partial charge in [-0.05, 0) is 29.8 Å². The normalized spacial score (nSPS) is 10.1. The Kier molecular flexibility index (Phi) is 3.54. The summed E-state index contributed by atoms with van der Waals surface area (Å²) in [5.74, 6) is 0. The minimum Gasteiger partial charge on any atom is -0.182 e. The quantitative estimate of drug-likeness (QED) is 0.744. The second-order valence-electron chi connectivity index (χ2n) is 3.23. The standard InChI is InChI=1S/C12H7Cl2NS/c13-10-2-1-3-11(14)12(10)8-4-6-9(15-16)7-5-8/h1-7H. The third kappa shape index (κ3) is 2.24. The van der Waals surface area contributed by atoms with E-state index in [1.54, 1.807) is 0 Å². The molecule has 1 nitrogen and oxygen atoms in total. The maximum absolute atomic E-state index is 6.11. The summed E-state index contributed by atoms with van der Waals surface area (Å²) in [7, 11) is 0. The van der Waals surface area contributed by atoms with E-state index in [2.05, 4.69) is 16.8 Å². The molecule has 0 N–H and O–H groups in total. The minimum atomic E-state index is 0.635. The van der Waals surface area contributed by atoms with E-state index < -0.39 is 0 Å². The summed E-state index contributed by atoms with van der Waals surface area (Å²) in [6, 6.07) is 12.9. The van der Waals surface area contributed by atoms with Crippen molar-refractivity contribution in [2.45, 2.75) is 0 Å². The first-order chi connectivity index (χ1) is 7.72. The SMILES string of the molecule is S=Nc1ccc(-c2c(Cl)cccc2Cl)cc1. The topological polar surface area (TPSA) is 12.4 Å². The summed E-state index contributed by atoms with van der Waals surface area (Å²) in [6.07, 6.45) is 0. The lowest BCUT2D eigenvalue weighted by Gasteiger charge is -2.06. The van der Waals surface area contributed by atoms with Gasteiger partial charge in [-0.25, -0.2) is 0 Å². The smallest absolute Gasteiger partial charge is 0.0769 e. The van der Waals surface area contributed by atoms with Crippen LogP contribution >= 0.6 is 23.2 Å². The molecule has 0 radical (unpaired) electrons. The Morgan fingerprint density at radius 2 is 1.44 bits per heavy atom. The highest BCUT2D eigenvalue weighted by Gasteiger charge is 2.07. The van der Waals surface area contributed by atoms with Gasteiger partial charge in [-0.2, -0.15) is 4.36 Å². The number of halogens is 2. The average molecular weight is 268 g/mol. The van der Waals surface area contributed by atoms with Gasteiger partial charge >= 0.3 is 0 Å². The molecule has 0 fully saturated rings. The summed E-state index contributed by atoms with van der Waals surface area (Å²) in [4.78, 5) is 0. The molecule has 16 heavy (non-hydrogen) atoms. The van der Waals surface area contributed by atoms with E-state index in [1.165, 1.54) is 0 Å². The van der Waals surface area contributed by atoms with Crippen LogP contribution in [0.3, 0.4) is 0 Å². The summed E-state index contributed by atoms with van der Waals surface area (Å²) in [5, 5.41) is 1.27. The minimum absolute atomic E-state index is 0.635. The molecule has 4 heteroatoms. The molecule has 0 spiro atoms. The number of hydrogen-bond acceptors (Lipinski definition) is 2. The number of benzene rings is 2. The summed E-state index contributed by atoms with van der Waals surface area (Å²) < 4.78 is 3.67. The molecule has 0 amide bonds. The van der Waals surface area contributed by atoms with Gasteiger partial charge in [-0.1, -0.05) is 41.4 Å². The first-order valence-electron chi connectivity index (χ1n) is 4.60. The van der Waals surface area contributed by atoms with Gasteiger partial charge in [0, 0.05) is 28.0 Å². The van der Waals surface area contributed by atoms with Crippen LogP contribution in [0, 0.1) is 0 Å². The first kappa shape index (κ1) is 11.5. The third-order valence-corrected chi connectivity index (χ3v) is 3.06. The fourth-order valence-electron chi connectivity index (χ4n) is 1.46. The number of nitrogens with zero attached hydrogens (tertiary/aromatic N) is 1. The Balaban J connectivity index is 2.54. The molecule has 0 aromatic heterocycles. The first-order valence-corrected chi connectivity index (χ1v) is 5.72. The van der Waals surface area contributed by atoms with Crippen LogP contribution < -0.4 is 0 Å². The zero-order chi connectivity index (χ0) is 11.5. The van der Waals surface area contributed by atoms with Gasteiger partial charge in [0.1, 0.15) is 0 Å². The van der Waals surface area contributed by atoms with Gasteiger partial charge in [-0.3, -0.25) is 0 Å². The van der Waals surface area contributed by atoms with Crippen molar-refractivity contribution in [3.05, 3.63) is 52.5 Å². The molecule has 0 atom stereocenters. The summed E-state index contributed by atoms with van der Waals surface area (Å²) in [5.41, 5.74) is 2.54. The van der Waals surface area contributed by atoms with Crippen LogP contribution in [-0.4, -0.2) is 0 Å². The van der Waals surface area contributed by atoms with E-state index >= 15 is 0 Å². The van der Waals surface area contributed by atoms with Crippen LogP contribution in [0.2, 0.25) is 10.0 Å². The van der Waals surface area contributed by atoms with Crippen LogP contribution in [0.1, 0.15) is 0 Å². The van der Waals surface area contributed by atoms with Crippen molar-refractivity contribution in [3.63, 3.8) is 0 Å². The Hall–Kier alpha value is -0.960. The molecule has 0 aliphatic carbocycles. The molecule has 0 bridgehead atoms. The van der Waals surface area contributed by atoms with Crippen molar-refractivity contribution in [2.75, 3.05) is 0 Å². The zero-order valence-electron chi connectivity index (χ0n) is 8.15. The van der Waals surface area contributed by atoms with Crippen molar-refractivity contribution in [1.29, 1.82) is 0 Å². The average Bonchev–Trinajstić information content (AvgIpc) is 2.30. The fraction of sp³-hybridized carbons (Fsp3) is 0. The largest absolute Gasteiger partial charge is 0.182 e. The van der Waals surface area contributed by atoms with Gasteiger partial charge in [0.15, 0.2) is 0 Å². The highest BCUT2D eigenvalue weighted by molar-refractivity contribution is 7.47. The van der Waals surface area contributed by atoms with Gasteiger partial charge in [0.05, 0.1) is 5.69 Å². The van der Waals surface area contributed by atoms with E-state index in [0.29, 0.717) is 10.0 Å². The van der Waals surface area contributed by atoms with E-state index in [0.717, 1.165) is 16.8 Å². The number of rotatable bonds is 2. The van der Waals surface area contributed by atoms with Crippen LogP contribution in [0.4, 0.5) is 5.69 Å².